The van der Waals surface area contributed by atoms with E-state index in [9.17, 15) is 17.6 Å². The summed E-state index contributed by atoms with van der Waals surface area (Å²) in [4.78, 5) is 11.9. The van der Waals surface area contributed by atoms with E-state index in [2.05, 4.69) is 5.43 Å². The number of hydrogen-bond donors (Lipinski definition) is 1. The van der Waals surface area contributed by atoms with Crippen LogP contribution in [0.5, 0.6) is 0 Å². The number of nitrogens with zero attached hydrogens (tertiary/aromatic N) is 2. The van der Waals surface area contributed by atoms with Gasteiger partial charge in [-0.1, -0.05) is 12.1 Å². The Hall–Kier alpha value is -1.55. The van der Waals surface area contributed by atoms with Crippen LogP contribution in [-0.4, -0.2) is 63.0 Å². The quantitative estimate of drug-likeness (QED) is 0.818. The molecule has 2 fully saturated rings. The number of hydrazine groups is 1. The molecule has 1 atom stereocenters. The van der Waals surface area contributed by atoms with Gasteiger partial charge in [-0.05, 0) is 30.9 Å². The Labute approximate surface area is 153 Å². The van der Waals surface area contributed by atoms with Crippen LogP contribution in [-0.2, 0) is 19.6 Å². The lowest BCUT2D eigenvalue weighted by Gasteiger charge is -2.32. The van der Waals surface area contributed by atoms with Gasteiger partial charge in [0.1, 0.15) is 10.7 Å². The Balaban J connectivity index is 1.60. The van der Waals surface area contributed by atoms with Gasteiger partial charge in [-0.2, -0.15) is 4.31 Å². The van der Waals surface area contributed by atoms with Crippen molar-refractivity contribution in [1.29, 1.82) is 0 Å². The third-order valence-corrected chi connectivity index (χ3v) is 6.60. The van der Waals surface area contributed by atoms with Crippen LogP contribution in [0.15, 0.2) is 29.2 Å². The molecule has 0 aliphatic carbocycles. The van der Waals surface area contributed by atoms with Crippen molar-refractivity contribution < 1.29 is 22.3 Å². The highest BCUT2D eigenvalue weighted by Crippen LogP contribution is 2.26. The van der Waals surface area contributed by atoms with E-state index in [1.165, 1.54) is 22.5 Å². The summed E-state index contributed by atoms with van der Waals surface area (Å²) in [5, 5.41) is 1.82. The SMILES string of the molecule is O=C(CC1CCCN(S(=O)(=O)c2ccccc2F)C1)NN1CCOCC1. The third-order valence-electron chi connectivity index (χ3n) is 4.70. The molecule has 0 saturated carbocycles. The number of rotatable bonds is 5. The van der Waals surface area contributed by atoms with E-state index >= 15 is 0 Å². The molecule has 144 valence electrons. The van der Waals surface area contributed by atoms with Gasteiger partial charge >= 0.3 is 0 Å². The molecule has 0 radical (unpaired) electrons. The molecule has 1 aromatic rings. The fourth-order valence-electron chi connectivity index (χ4n) is 3.36. The molecule has 1 unspecified atom stereocenters. The Morgan fingerprint density at radius 2 is 1.96 bits per heavy atom. The van der Waals surface area contributed by atoms with Crippen molar-refractivity contribution in [3.8, 4) is 0 Å². The molecule has 2 saturated heterocycles. The normalized spacial score (nSPS) is 22.9. The number of hydrogen-bond acceptors (Lipinski definition) is 5. The van der Waals surface area contributed by atoms with Crippen LogP contribution in [0.3, 0.4) is 0 Å². The first-order valence-corrected chi connectivity index (χ1v) is 10.3. The fourth-order valence-corrected chi connectivity index (χ4v) is 4.98. The van der Waals surface area contributed by atoms with E-state index in [4.69, 9.17) is 4.74 Å². The molecule has 2 aliphatic rings. The van der Waals surface area contributed by atoms with Crippen LogP contribution in [0.4, 0.5) is 4.39 Å². The van der Waals surface area contributed by atoms with E-state index in [-0.39, 0.29) is 29.7 Å². The predicted molar refractivity (Wildman–Crippen MR) is 93.0 cm³/mol. The maximum atomic E-state index is 13.9. The largest absolute Gasteiger partial charge is 0.379 e. The number of benzene rings is 1. The molecule has 0 aromatic heterocycles. The topological polar surface area (TPSA) is 79.0 Å². The van der Waals surface area contributed by atoms with E-state index in [0.29, 0.717) is 39.3 Å². The molecule has 3 rings (SSSR count). The monoisotopic (exact) mass is 385 g/mol. The molecule has 0 spiro atoms. The minimum Gasteiger partial charge on any atom is -0.379 e. The van der Waals surface area contributed by atoms with Crippen LogP contribution in [0.2, 0.25) is 0 Å². The van der Waals surface area contributed by atoms with Crippen molar-refractivity contribution in [3.63, 3.8) is 0 Å². The van der Waals surface area contributed by atoms with Crippen molar-refractivity contribution in [2.24, 2.45) is 5.92 Å². The summed E-state index contributed by atoms with van der Waals surface area (Å²) in [5.41, 5.74) is 2.85. The van der Waals surface area contributed by atoms with Gasteiger partial charge in [0.25, 0.3) is 0 Å². The smallest absolute Gasteiger partial charge is 0.245 e. The molecule has 26 heavy (non-hydrogen) atoms. The maximum Gasteiger partial charge on any atom is 0.245 e. The summed E-state index contributed by atoms with van der Waals surface area (Å²) in [6, 6.07) is 5.39. The second-order valence-electron chi connectivity index (χ2n) is 6.64. The first-order valence-electron chi connectivity index (χ1n) is 8.83. The highest BCUT2D eigenvalue weighted by molar-refractivity contribution is 7.89. The van der Waals surface area contributed by atoms with Crippen molar-refractivity contribution in [2.45, 2.75) is 24.2 Å². The van der Waals surface area contributed by atoms with Crippen LogP contribution in [0, 0.1) is 11.7 Å². The standard InChI is InChI=1S/C17H24FN3O4S/c18-15-5-1-2-6-16(15)26(23,24)21-7-3-4-14(13-21)12-17(22)19-20-8-10-25-11-9-20/h1-2,5-6,14H,3-4,7-13H2,(H,19,22). The Morgan fingerprint density at radius 1 is 1.23 bits per heavy atom. The van der Waals surface area contributed by atoms with Gasteiger partial charge < -0.3 is 4.74 Å². The zero-order valence-electron chi connectivity index (χ0n) is 14.6. The van der Waals surface area contributed by atoms with Gasteiger partial charge in [0, 0.05) is 32.6 Å². The predicted octanol–water partition coefficient (Wildman–Crippen LogP) is 0.980. The fraction of sp³-hybridized carbons (Fsp3) is 0.588. The number of carbonyl (C=O) groups is 1. The first kappa shape index (κ1) is 19.2. The molecule has 2 heterocycles. The van der Waals surface area contributed by atoms with Gasteiger partial charge in [-0.25, -0.2) is 17.8 Å². The summed E-state index contributed by atoms with van der Waals surface area (Å²) < 4.78 is 45.9. The minimum absolute atomic E-state index is 0.0775. The van der Waals surface area contributed by atoms with E-state index in [1.807, 2.05) is 5.01 Å². The van der Waals surface area contributed by atoms with Gasteiger partial charge in [-0.15, -0.1) is 0 Å². The lowest BCUT2D eigenvalue weighted by Crippen LogP contribution is -2.49. The average molecular weight is 385 g/mol. The highest BCUT2D eigenvalue weighted by Gasteiger charge is 2.32. The summed E-state index contributed by atoms with van der Waals surface area (Å²) in [5.74, 6) is -0.951. The summed E-state index contributed by atoms with van der Waals surface area (Å²) in [6.45, 7) is 3.02. The van der Waals surface area contributed by atoms with Crippen molar-refractivity contribution in [1.82, 2.24) is 14.7 Å². The van der Waals surface area contributed by atoms with E-state index in [1.54, 1.807) is 0 Å². The Kier molecular flexibility index (Phi) is 6.23. The van der Waals surface area contributed by atoms with Crippen molar-refractivity contribution in [3.05, 3.63) is 30.1 Å². The van der Waals surface area contributed by atoms with Crippen LogP contribution in [0.25, 0.3) is 0 Å². The van der Waals surface area contributed by atoms with Crippen LogP contribution < -0.4 is 5.43 Å². The van der Waals surface area contributed by atoms with Gasteiger partial charge in [-0.3, -0.25) is 10.2 Å². The van der Waals surface area contributed by atoms with Crippen LogP contribution in [0.1, 0.15) is 19.3 Å². The molecule has 2 aliphatic heterocycles. The Morgan fingerprint density at radius 3 is 2.69 bits per heavy atom. The van der Waals surface area contributed by atoms with Crippen molar-refractivity contribution in [2.75, 3.05) is 39.4 Å². The molecule has 0 bridgehead atoms. The number of morpholine rings is 1. The maximum absolute atomic E-state index is 13.9. The van der Waals surface area contributed by atoms with Gasteiger partial charge in [0.2, 0.25) is 15.9 Å². The van der Waals surface area contributed by atoms with Gasteiger partial charge in [0.05, 0.1) is 13.2 Å². The first-order chi connectivity index (χ1) is 12.5. The number of piperidine rings is 1. The second-order valence-corrected chi connectivity index (χ2v) is 8.55. The zero-order chi connectivity index (χ0) is 18.6. The van der Waals surface area contributed by atoms with E-state index < -0.39 is 15.8 Å². The molecule has 1 N–H and O–H groups in total. The van der Waals surface area contributed by atoms with E-state index in [0.717, 1.165) is 12.5 Å². The molecule has 9 heteroatoms. The number of halogens is 1. The number of sulfonamides is 1. The van der Waals surface area contributed by atoms with Gasteiger partial charge in [0.15, 0.2) is 0 Å². The second kappa shape index (κ2) is 8.43. The van der Waals surface area contributed by atoms with Crippen LogP contribution >= 0.6 is 0 Å². The van der Waals surface area contributed by atoms with Crippen molar-refractivity contribution >= 4 is 15.9 Å². The average Bonchev–Trinajstić information content (AvgIpc) is 2.63. The zero-order valence-corrected chi connectivity index (χ0v) is 15.4. The lowest BCUT2D eigenvalue weighted by molar-refractivity contribution is -0.129. The summed E-state index contributed by atoms with van der Waals surface area (Å²) in [6.07, 6.45) is 1.68. The summed E-state index contributed by atoms with van der Waals surface area (Å²) in [7, 11) is -3.89. The number of nitrogens with one attached hydrogen (secondary N) is 1. The lowest BCUT2D eigenvalue weighted by atomic mass is 9.96. The molecule has 1 amide bonds. The number of carbonyl (C=O) groups excluding carboxylic acids is 1. The summed E-state index contributed by atoms with van der Waals surface area (Å²) >= 11 is 0. The molecule has 1 aromatic carbocycles. The highest BCUT2D eigenvalue weighted by atomic mass is 32.2. The third kappa shape index (κ3) is 4.59. The molecular weight excluding hydrogens is 361 g/mol. The number of amides is 1. The minimum atomic E-state index is -3.89. The number of ether oxygens (including phenoxy) is 1. The molecular formula is C17H24FN3O4S. The Bertz CT molecular complexity index is 737. The molecule has 7 nitrogen and oxygen atoms in total.